The summed E-state index contributed by atoms with van der Waals surface area (Å²) in [5, 5.41) is 15.1. The zero-order valence-electron chi connectivity index (χ0n) is 15.8. The van der Waals surface area contributed by atoms with E-state index in [2.05, 4.69) is 32.9 Å². The third kappa shape index (κ3) is 4.52. The van der Waals surface area contributed by atoms with Crippen molar-refractivity contribution < 1.29 is 4.79 Å². The highest BCUT2D eigenvalue weighted by Gasteiger charge is 2.06. The number of hydrogen-bond acceptors (Lipinski definition) is 5. The molecule has 4 rings (SSSR count). The Balaban J connectivity index is 1.37. The molecular weight excluding hydrogens is 382 g/mol. The van der Waals surface area contributed by atoms with Crippen LogP contribution in [0.4, 0.5) is 0 Å². The monoisotopic (exact) mass is 401 g/mol. The quantitative estimate of drug-likeness (QED) is 0.301. The minimum Gasteiger partial charge on any atom is -0.312 e. The third-order valence-corrected chi connectivity index (χ3v) is 5.55. The molecule has 144 valence electrons. The van der Waals surface area contributed by atoms with Crippen LogP contribution in [-0.2, 0) is 12.8 Å². The van der Waals surface area contributed by atoms with Crippen molar-refractivity contribution >= 4 is 34.7 Å². The van der Waals surface area contributed by atoms with Gasteiger partial charge in [0.2, 0.25) is 0 Å². The van der Waals surface area contributed by atoms with Gasteiger partial charge in [-0.05, 0) is 28.5 Å². The summed E-state index contributed by atoms with van der Waals surface area (Å²) in [5.74, 6) is 0.516. The Hall–Kier alpha value is -3.45. The number of hydrogen-bond donors (Lipinski definition) is 1. The van der Waals surface area contributed by atoms with Crippen LogP contribution in [0.5, 0.6) is 0 Å². The van der Waals surface area contributed by atoms with Gasteiger partial charge in [-0.1, -0.05) is 66.4 Å². The number of carbonyl (C=O) groups is 1. The fourth-order valence-electron chi connectivity index (χ4n) is 2.89. The lowest BCUT2D eigenvalue weighted by atomic mass is 10.1. The van der Waals surface area contributed by atoms with Gasteiger partial charge in [-0.15, -0.1) is 10.2 Å². The first-order valence-corrected chi connectivity index (χ1v) is 10.1. The van der Waals surface area contributed by atoms with Gasteiger partial charge < -0.3 is 4.57 Å². The van der Waals surface area contributed by atoms with E-state index in [4.69, 9.17) is 0 Å². The molecule has 6 nitrogen and oxygen atoms in total. The van der Waals surface area contributed by atoms with Gasteiger partial charge in [-0.25, -0.2) is 5.43 Å². The van der Waals surface area contributed by atoms with Gasteiger partial charge in [0.1, 0.15) is 6.33 Å². The second-order valence-corrected chi connectivity index (χ2v) is 7.42. The van der Waals surface area contributed by atoms with E-state index in [-0.39, 0.29) is 5.91 Å². The van der Waals surface area contributed by atoms with Gasteiger partial charge in [-0.2, -0.15) is 5.10 Å². The van der Waals surface area contributed by atoms with Crippen LogP contribution in [0.15, 0.2) is 83.3 Å². The van der Waals surface area contributed by atoms with Crippen molar-refractivity contribution in [3.8, 4) is 0 Å². The van der Waals surface area contributed by atoms with E-state index >= 15 is 0 Å². The fraction of sp³-hybridized carbons (Fsp3) is 0.0909. The molecule has 0 unspecified atom stereocenters. The van der Waals surface area contributed by atoms with Crippen molar-refractivity contribution in [1.29, 1.82) is 0 Å². The Labute approximate surface area is 172 Å². The maximum atomic E-state index is 12.3. The van der Waals surface area contributed by atoms with Crippen LogP contribution in [0.25, 0.3) is 10.8 Å². The molecule has 29 heavy (non-hydrogen) atoms. The predicted octanol–water partition coefficient (Wildman–Crippen LogP) is 4.02. The smallest absolute Gasteiger partial charge is 0.271 e. The average Bonchev–Trinajstić information content (AvgIpc) is 3.17. The number of thioether (sulfide) groups is 1. The Morgan fingerprint density at radius 3 is 2.69 bits per heavy atom. The highest BCUT2D eigenvalue weighted by molar-refractivity contribution is 7.98. The summed E-state index contributed by atoms with van der Waals surface area (Å²) < 4.78 is 1.88. The Morgan fingerprint density at radius 1 is 1.10 bits per heavy atom. The minimum absolute atomic E-state index is 0.242. The molecule has 1 amide bonds. The number of fused-ring (bicyclic) bond motifs is 1. The Kier molecular flexibility index (Phi) is 5.67. The van der Waals surface area contributed by atoms with Gasteiger partial charge in [0.15, 0.2) is 5.16 Å². The number of amides is 1. The number of nitrogens with one attached hydrogen (secondary N) is 1. The summed E-state index contributed by atoms with van der Waals surface area (Å²) >= 11 is 1.60. The van der Waals surface area contributed by atoms with Gasteiger partial charge >= 0.3 is 0 Å². The lowest BCUT2D eigenvalue weighted by Gasteiger charge is -2.04. The van der Waals surface area contributed by atoms with E-state index in [1.807, 2.05) is 54.1 Å². The van der Waals surface area contributed by atoms with E-state index in [1.54, 1.807) is 36.4 Å². The summed E-state index contributed by atoms with van der Waals surface area (Å²) in [6, 6.07) is 21.6. The highest BCUT2D eigenvalue weighted by Crippen LogP contribution is 2.20. The largest absolute Gasteiger partial charge is 0.312 e. The molecule has 0 atom stereocenters. The SMILES string of the molecule is Cn1cnnc1SCc1ccc(C(=O)N/N=C\c2cccc3ccccc23)cc1. The normalized spacial score (nSPS) is 11.2. The molecule has 7 heteroatoms. The molecule has 1 N–H and O–H groups in total. The summed E-state index contributed by atoms with van der Waals surface area (Å²) in [7, 11) is 1.91. The molecule has 4 aromatic rings. The zero-order valence-corrected chi connectivity index (χ0v) is 16.6. The van der Waals surface area contributed by atoms with E-state index in [0.717, 1.165) is 32.8 Å². The number of carbonyl (C=O) groups excluding carboxylic acids is 1. The van der Waals surface area contributed by atoms with Gasteiger partial charge in [0, 0.05) is 23.9 Å². The van der Waals surface area contributed by atoms with Crippen LogP contribution in [-0.4, -0.2) is 26.9 Å². The molecule has 0 saturated heterocycles. The maximum Gasteiger partial charge on any atom is 0.271 e. The van der Waals surface area contributed by atoms with Crippen LogP contribution in [0.1, 0.15) is 21.5 Å². The number of rotatable bonds is 6. The fourth-order valence-corrected chi connectivity index (χ4v) is 3.74. The van der Waals surface area contributed by atoms with Crippen LogP contribution in [0.2, 0.25) is 0 Å². The van der Waals surface area contributed by atoms with Gasteiger partial charge in [0.05, 0.1) is 6.21 Å². The summed E-state index contributed by atoms with van der Waals surface area (Å²) in [4.78, 5) is 12.3. The van der Waals surface area contributed by atoms with Crippen LogP contribution in [0.3, 0.4) is 0 Å². The molecule has 1 heterocycles. The van der Waals surface area contributed by atoms with Crippen LogP contribution in [0, 0.1) is 0 Å². The molecule has 0 aliphatic heterocycles. The Bertz CT molecular complexity index is 1160. The number of aryl methyl sites for hydroxylation is 1. The summed E-state index contributed by atoms with van der Waals surface area (Å²) in [5.41, 5.74) is 5.22. The standard InChI is InChI=1S/C22H19N5OS/c1-27-15-24-26-22(27)29-14-16-9-11-18(12-10-16)21(28)25-23-13-19-7-4-6-17-5-2-3-8-20(17)19/h2-13,15H,14H2,1H3,(H,25,28)/b23-13-. The third-order valence-electron chi connectivity index (χ3n) is 4.45. The molecule has 3 aromatic carbocycles. The molecule has 0 aliphatic rings. The van der Waals surface area contributed by atoms with Crippen molar-refractivity contribution in [2.45, 2.75) is 10.9 Å². The van der Waals surface area contributed by atoms with E-state index in [0.29, 0.717) is 5.56 Å². The Morgan fingerprint density at radius 2 is 1.90 bits per heavy atom. The highest BCUT2D eigenvalue weighted by atomic mass is 32.2. The van der Waals surface area contributed by atoms with Gasteiger partial charge in [0.25, 0.3) is 5.91 Å². The minimum atomic E-state index is -0.242. The molecule has 1 aromatic heterocycles. The second kappa shape index (κ2) is 8.70. The molecule has 0 saturated carbocycles. The molecule has 0 bridgehead atoms. The van der Waals surface area contributed by atoms with Crippen LogP contribution < -0.4 is 5.43 Å². The number of aromatic nitrogens is 3. The maximum absolute atomic E-state index is 12.3. The first kappa shape index (κ1) is 18.9. The molecule has 0 radical (unpaired) electrons. The lowest BCUT2D eigenvalue weighted by Crippen LogP contribution is -2.17. The first-order chi connectivity index (χ1) is 14.2. The van der Waals surface area contributed by atoms with E-state index in [1.165, 1.54) is 0 Å². The molecule has 0 fully saturated rings. The first-order valence-electron chi connectivity index (χ1n) is 9.07. The average molecular weight is 401 g/mol. The zero-order chi connectivity index (χ0) is 20.1. The van der Waals surface area contributed by atoms with Gasteiger partial charge in [-0.3, -0.25) is 4.79 Å². The van der Waals surface area contributed by atoms with Crippen molar-refractivity contribution in [2.75, 3.05) is 0 Å². The second-order valence-electron chi connectivity index (χ2n) is 6.48. The predicted molar refractivity (Wildman–Crippen MR) is 116 cm³/mol. The molecule has 0 aliphatic carbocycles. The lowest BCUT2D eigenvalue weighted by molar-refractivity contribution is 0.0955. The summed E-state index contributed by atoms with van der Waals surface area (Å²) in [6.45, 7) is 0. The van der Waals surface area contributed by atoms with Crippen molar-refractivity contribution in [3.63, 3.8) is 0 Å². The van der Waals surface area contributed by atoms with Crippen LogP contribution >= 0.6 is 11.8 Å². The van der Waals surface area contributed by atoms with Crippen molar-refractivity contribution in [1.82, 2.24) is 20.2 Å². The van der Waals surface area contributed by atoms with E-state index in [9.17, 15) is 4.79 Å². The number of hydrazone groups is 1. The van der Waals surface area contributed by atoms with Crippen molar-refractivity contribution in [3.05, 3.63) is 89.7 Å². The van der Waals surface area contributed by atoms with Crippen molar-refractivity contribution in [2.24, 2.45) is 12.1 Å². The number of nitrogens with zero attached hydrogens (tertiary/aromatic N) is 4. The molecular formula is C22H19N5OS. The summed E-state index contributed by atoms with van der Waals surface area (Å²) in [6.07, 6.45) is 3.35. The topological polar surface area (TPSA) is 72.2 Å². The van der Waals surface area contributed by atoms with E-state index < -0.39 is 0 Å². The number of benzene rings is 3. The molecule has 0 spiro atoms.